The summed E-state index contributed by atoms with van der Waals surface area (Å²) in [4.78, 5) is 63.2. The van der Waals surface area contributed by atoms with E-state index < -0.39 is 46.7 Å². The summed E-state index contributed by atoms with van der Waals surface area (Å²) in [5.41, 5.74) is -2.40. The minimum Gasteiger partial charge on any atom is -0.383 e. The van der Waals surface area contributed by atoms with E-state index in [9.17, 15) is 29.1 Å². The first kappa shape index (κ1) is 20.2. The van der Waals surface area contributed by atoms with Gasteiger partial charge >= 0.3 is 0 Å². The molecule has 0 spiro atoms. The second kappa shape index (κ2) is 6.71. The predicted molar refractivity (Wildman–Crippen MR) is 100 cm³/mol. The van der Waals surface area contributed by atoms with Crippen molar-refractivity contribution < 1.29 is 33.8 Å². The number of carbonyl (C=O) groups is 5. The topological polar surface area (TPSA) is 142 Å². The average Bonchev–Trinajstić information content (AvgIpc) is 2.93. The van der Waals surface area contributed by atoms with Gasteiger partial charge in [0.25, 0.3) is 23.6 Å². The van der Waals surface area contributed by atoms with Gasteiger partial charge in [0.15, 0.2) is 0 Å². The molecule has 1 aromatic carbocycles. The Morgan fingerprint density at radius 2 is 1.87 bits per heavy atom. The standard InChI is InChI=1S/C20H21N3O7/c1-10(20(29)8-30-9-20)21-15(25)11-3-4-12-13(7-11)17(27)23(16(12)26)19(2)6-5-14(24)22-18(19)28/h3-4,7,10,29H,5-6,8-9H2,1-2H3,(H,21,25)(H,22,24,28). The maximum Gasteiger partial charge on any atom is 0.262 e. The Labute approximate surface area is 171 Å². The molecule has 0 aromatic heterocycles. The van der Waals surface area contributed by atoms with Crippen molar-refractivity contribution in [1.29, 1.82) is 0 Å². The van der Waals surface area contributed by atoms with Crippen molar-refractivity contribution in [2.75, 3.05) is 13.2 Å². The zero-order valence-corrected chi connectivity index (χ0v) is 16.5. The molecule has 0 aliphatic carbocycles. The molecule has 2 fully saturated rings. The molecule has 4 rings (SSSR count). The van der Waals surface area contributed by atoms with Crippen LogP contribution in [0.5, 0.6) is 0 Å². The summed E-state index contributed by atoms with van der Waals surface area (Å²) < 4.78 is 4.98. The van der Waals surface area contributed by atoms with Crippen LogP contribution in [0.1, 0.15) is 57.8 Å². The molecule has 1 aromatic rings. The summed E-state index contributed by atoms with van der Waals surface area (Å²) >= 11 is 0. The number of fused-ring (bicyclic) bond motifs is 1. The Hall–Kier alpha value is -3.11. The highest BCUT2D eigenvalue weighted by molar-refractivity contribution is 6.24. The van der Waals surface area contributed by atoms with Gasteiger partial charge < -0.3 is 15.2 Å². The van der Waals surface area contributed by atoms with Crippen molar-refractivity contribution >= 4 is 29.5 Å². The van der Waals surface area contributed by atoms with Gasteiger partial charge in [-0.1, -0.05) is 0 Å². The Bertz CT molecular complexity index is 1000. The number of aliphatic hydroxyl groups is 1. The lowest BCUT2D eigenvalue weighted by atomic mass is 9.89. The predicted octanol–water partition coefficient (Wildman–Crippen LogP) is -0.642. The van der Waals surface area contributed by atoms with Gasteiger partial charge in [-0.2, -0.15) is 0 Å². The van der Waals surface area contributed by atoms with E-state index in [1.165, 1.54) is 25.1 Å². The number of nitrogens with one attached hydrogen (secondary N) is 2. The van der Waals surface area contributed by atoms with Crippen LogP contribution in [0.4, 0.5) is 0 Å². The van der Waals surface area contributed by atoms with Crippen LogP contribution < -0.4 is 10.6 Å². The smallest absolute Gasteiger partial charge is 0.262 e. The highest BCUT2D eigenvalue weighted by atomic mass is 16.5. The first-order chi connectivity index (χ1) is 14.1. The van der Waals surface area contributed by atoms with Gasteiger partial charge in [0, 0.05) is 12.0 Å². The minimum absolute atomic E-state index is 0.00775. The number of ether oxygens (including phenoxy) is 1. The van der Waals surface area contributed by atoms with Crippen molar-refractivity contribution in [3.8, 4) is 0 Å². The highest BCUT2D eigenvalue weighted by Gasteiger charge is 2.52. The molecule has 0 bridgehead atoms. The first-order valence-electron chi connectivity index (χ1n) is 9.55. The van der Waals surface area contributed by atoms with Crippen LogP contribution in [0.3, 0.4) is 0 Å². The zero-order chi connectivity index (χ0) is 21.8. The van der Waals surface area contributed by atoms with E-state index in [2.05, 4.69) is 10.6 Å². The van der Waals surface area contributed by atoms with Crippen molar-refractivity contribution in [1.82, 2.24) is 15.5 Å². The molecule has 10 nitrogen and oxygen atoms in total. The molecule has 10 heteroatoms. The summed E-state index contributed by atoms with van der Waals surface area (Å²) in [6.07, 6.45) is 0.0302. The lowest BCUT2D eigenvalue weighted by Gasteiger charge is -2.41. The van der Waals surface area contributed by atoms with Crippen molar-refractivity contribution in [3.63, 3.8) is 0 Å². The van der Waals surface area contributed by atoms with Crippen LogP contribution in [0.15, 0.2) is 18.2 Å². The second-order valence-corrected chi connectivity index (χ2v) is 8.15. The summed E-state index contributed by atoms with van der Waals surface area (Å²) in [6.45, 7) is 3.31. The van der Waals surface area contributed by atoms with E-state index >= 15 is 0 Å². The largest absolute Gasteiger partial charge is 0.383 e. The van der Waals surface area contributed by atoms with Gasteiger partial charge in [0.2, 0.25) is 5.91 Å². The van der Waals surface area contributed by atoms with E-state index in [-0.39, 0.29) is 42.7 Å². The third-order valence-corrected chi connectivity index (χ3v) is 6.08. The maximum absolute atomic E-state index is 13.0. The SMILES string of the molecule is CC(NC(=O)c1ccc2c(c1)C(=O)N(C1(C)CCC(=O)NC1=O)C2=O)C1(O)COC1. The average molecular weight is 415 g/mol. The summed E-state index contributed by atoms with van der Waals surface area (Å²) in [6, 6.07) is 3.49. The van der Waals surface area contributed by atoms with Crippen LogP contribution >= 0.6 is 0 Å². The van der Waals surface area contributed by atoms with Gasteiger partial charge in [-0.15, -0.1) is 0 Å². The number of nitrogens with zero attached hydrogens (tertiary/aromatic N) is 1. The lowest BCUT2D eigenvalue weighted by Crippen LogP contribution is -2.62. The molecule has 0 radical (unpaired) electrons. The molecule has 3 N–H and O–H groups in total. The Balaban J connectivity index is 1.58. The number of benzene rings is 1. The van der Waals surface area contributed by atoms with Gasteiger partial charge in [0.05, 0.1) is 30.4 Å². The van der Waals surface area contributed by atoms with E-state index in [4.69, 9.17) is 4.74 Å². The van der Waals surface area contributed by atoms with Gasteiger partial charge in [0.1, 0.15) is 11.1 Å². The number of carbonyl (C=O) groups excluding carboxylic acids is 5. The van der Waals surface area contributed by atoms with E-state index in [0.29, 0.717) is 0 Å². The molecule has 2 unspecified atom stereocenters. The molecule has 3 aliphatic rings. The number of rotatable bonds is 4. The first-order valence-corrected chi connectivity index (χ1v) is 9.55. The molecule has 0 saturated carbocycles. The third-order valence-electron chi connectivity index (χ3n) is 6.08. The summed E-state index contributed by atoms with van der Waals surface area (Å²) in [7, 11) is 0. The van der Waals surface area contributed by atoms with Gasteiger partial charge in [-0.25, -0.2) is 0 Å². The Kier molecular flexibility index (Phi) is 4.51. The molecule has 158 valence electrons. The fourth-order valence-electron chi connectivity index (χ4n) is 3.81. The highest BCUT2D eigenvalue weighted by Crippen LogP contribution is 2.34. The van der Waals surface area contributed by atoms with Crippen molar-refractivity contribution in [3.05, 3.63) is 34.9 Å². The zero-order valence-electron chi connectivity index (χ0n) is 16.5. The summed E-state index contributed by atoms with van der Waals surface area (Å²) in [5, 5.41) is 15.1. The van der Waals surface area contributed by atoms with Crippen LogP contribution in [0.2, 0.25) is 0 Å². The van der Waals surface area contributed by atoms with Crippen molar-refractivity contribution in [2.45, 2.75) is 43.9 Å². The molecule has 30 heavy (non-hydrogen) atoms. The number of amides is 5. The van der Waals surface area contributed by atoms with E-state index in [0.717, 1.165) is 4.90 Å². The fraction of sp³-hybridized carbons (Fsp3) is 0.450. The minimum atomic E-state index is -1.49. The van der Waals surface area contributed by atoms with Crippen molar-refractivity contribution in [2.24, 2.45) is 0 Å². The van der Waals surface area contributed by atoms with E-state index in [1.807, 2.05) is 0 Å². The monoisotopic (exact) mass is 415 g/mol. The van der Waals surface area contributed by atoms with Gasteiger partial charge in [-0.3, -0.25) is 34.2 Å². The van der Waals surface area contributed by atoms with Crippen LogP contribution in [-0.2, 0) is 14.3 Å². The second-order valence-electron chi connectivity index (χ2n) is 8.15. The van der Waals surface area contributed by atoms with Crippen LogP contribution in [0.25, 0.3) is 0 Å². The number of piperidine rings is 1. The lowest BCUT2D eigenvalue weighted by molar-refractivity contribution is -0.190. The van der Waals surface area contributed by atoms with Crippen LogP contribution in [-0.4, -0.2) is 69.9 Å². The van der Waals surface area contributed by atoms with Gasteiger partial charge in [-0.05, 0) is 38.5 Å². The molecule has 3 heterocycles. The number of hydrogen-bond acceptors (Lipinski definition) is 7. The maximum atomic E-state index is 13.0. The Morgan fingerprint density at radius 1 is 1.20 bits per heavy atom. The third kappa shape index (κ3) is 2.91. The molecule has 5 amide bonds. The normalized spacial score (nSPS) is 26.0. The summed E-state index contributed by atoms with van der Waals surface area (Å²) in [5.74, 6) is -3.03. The Morgan fingerprint density at radius 3 is 2.47 bits per heavy atom. The van der Waals surface area contributed by atoms with Crippen LogP contribution in [0, 0.1) is 0 Å². The number of hydrogen-bond donors (Lipinski definition) is 3. The number of imide groups is 2. The fourth-order valence-corrected chi connectivity index (χ4v) is 3.81. The molecule has 3 aliphatic heterocycles. The molecular formula is C20H21N3O7. The quantitative estimate of drug-likeness (QED) is 0.555. The van der Waals surface area contributed by atoms with E-state index in [1.54, 1.807) is 6.92 Å². The molecule has 2 atom stereocenters. The molecular weight excluding hydrogens is 394 g/mol. The molecule has 2 saturated heterocycles.